The summed E-state index contributed by atoms with van der Waals surface area (Å²) in [6.45, 7) is 10.9. The first-order chi connectivity index (χ1) is 14.5. The zero-order valence-electron chi connectivity index (χ0n) is 18.5. The minimum atomic E-state index is -0.937. The van der Waals surface area contributed by atoms with Gasteiger partial charge in [0.05, 0.1) is 25.5 Å². The Hall–Kier alpha value is -2.58. The molecule has 1 saturated heterocycles. The van der Waals surface area contributed by atoms with Crippen LogP contribution >= 0.6 is 11.6 Å². The SMILES string of the molecule is CC(C)Oc1ncc(Cl)c(Nc2ccc([C@@]3(C(C)(C)C)CN(C(=O)O)CCO3)cc2)n1. The van der Waals surface area contributed by atoms with E-state index in [0.29, 0.717) is 24.0 Å². The van der Waals surface area contributed by atoms with Crippen LogP contribution in [0.15, 0.2) is 30.5 Å². The zero-order valence-corrected chi connectivity index (χ0v) is 19.2. The molecule has 1 aliphatic rings. The van der Waals surface area contributed by atoms with Crippen LogP contribution in [0.4, 0.5) is 16.3 Å². The normalized spacial score (nSPS) is 19.4. The van der Waals surface area contributed by atoms with Crippen molar-refractivity contribution in [3.05, 3.63) is 41.0 Å². The van der Waals surface area contributed by atoms with E-state index in [1.807, 2.05) is 38.1 Å². The summed E-state index contributed by atoms with van der Waals surface area (Å²) in [5.41, 5.74) is 0.603. The molecule has 31 heavy (non-hydrogen) atoms. The summed E-state index contributed by atoms with van der Waals surface area (Å²) < 4.78 is 11.8. The quantitative estimate of drug-likeness (QED) is 0.670. The Morgan fingerprint density at radius 1 is 1.32 bits per heavy atom. The second-order valence-corrected chi connectivity index (χ2v) is 9.25. The van der Waals surface area contributed by atoms with Crippen LogP contribution in [0.5, 0.6) is 6.01 Å². The number of morpholine rings is 1. The highest BCUT2D eigenvalue weighted by Crippen LogP contribution is 2.45. The maximum Gasteiger partial charge on any atom is 0.407 e. The lowest BCUT2D eigenvalue weighted by atomic mass is 9.71. The van der Waals surface area contributed by atoms with Crippen molar-refractivity contribution < 1.29 is 19.4 Å². The van der Waals surface area contributed by atoms with Crippen LogP contribution in [0.25, 0.3) is 0 Å². The summed E-state index contributed by atoms with van der Waals surface area (Å²) in [5.74, 6) is 0.441. The van der Waals surface area contributed by atoms with Gasteiger partial charge in [-0.1, -0.05) is 44.5 Å². The van der Waals surface area contributed by atoms with Gasteiger partial charge in [-0.15, -0.1) is 0 Å². The van der Waals surface area contributed by atoms with Crippen molar-refractivity contribution >= 4 is 29.2 Å². The van der Waals surface area contributed by atoms with E-state index in [9.17, 15) is 9.90 Å². The number of hydrogen-bond donors (Lipinski definition) is 2. The lowest BCUT2D eigenvalue weighted by Crippen LogP contribution is -2.57. The van der Waals surface area contributed by atoms with Gasteiger partial charge in [0.1, 0.15) is 10.6 Å². The molecule has 1 aromatic carbocycles. The summed E-state index contributed by atoms with van der Waals surface area (Å²) in [7, 11) is 0. The molecule has 0 saturated carbocycles. The van der Waals surface area contributed by atoms with E-state index in [4.69, 9.17) is 21.1 Å². The van der Waals surface area contributed by atoms with Gasteiger partial charge in [-0.05, 0) is 37.0 Å². The summed E-state index contributed by atoms with van der Waals surface area (Å²) >= 11 is 6.24. The van der Waals surface area contributed by atoms with Crippen molar-refractivity contribution in [3.63, 3.8) is 0 Å². The van der Waals surface area contributed by atoms with E-state index in [1.54, 1.807) is 0 Å². The van der Waals surface area contributed by atoms with E-state index < -0.39 is 11.7 Å². The van der Waals surface area contributed by atoms with Gasteiger partial charge in [0, 0.05) is 12.2 Å². The molecule has 3 rings (SSSR count). The molecular weight excluding hydrogens is 420 g/mol. The molecule has 2 heterocycles. The van der Waals surface area contributed by atoms with Crippen LogP contribution in [0.3, 0.4) is 0 Å². The number of carboxylic acid groups (broad SMARTS) is 1. The summed E-state index contributed by atoms with van der Waals surface area (Å²) in [6.07, 6.45) is 0.504. The molecule has 1 aliphatic heterocycles. The van der Waals surface area contributed by atoms with E-state index in [0.717, 1.165) is 11.3 Å². The Balaban J connectivity index is 1.87. The molecule has 0 aliphatic carbocycles. The average molecular weight is 449 g/mol. The average Bonchev–Trinajstić information content (AvgIpc) is 2.70. The number of carbonyl (C=O) groups is 1. The number of aromatic nitrogens is 2. The van der Waals surface area contributed by atoms with Gasteiger partial charge < -0.3 is 24.8 Å². The molecule has 1 amide bonds. The van der Waals surface area contributed by atoms with Crippen LogP contribution in [-0.2, 0) is 10.3 Å². The van der Waals surface area contributed by atoms with Gasteiger partial charge in [-0.25, -0.2) is 9.78 Å². The number of rotatable bonds is 5. The number of halogens is 1. The highest BCUT2D eigenvalue weighted by molar-refractivity contribution is 6.32. The third-order valence-corrected chi connectivity index (χ3v) is 5.56. The van der Waals surface area contributed by atoms with Crippen LogP contribution in [0.2, 0.25) is 5.02 Å². The molecule has 0 bridgehead atoms. The second-order valence-electron chi connectivity index (χ2n) is 8.85. The highest BCUT2D eigenvalue weighted by Gasteiger charge is 2.48. The minimum Gasteiger partial charge on any atom is -0.465 e. The zero-order chi connectivity index (χ0) is 22.8. The first-order valence-corrected chi connectivity index (χ1v) is 10.6. The Morgan fingerprint density at radius 3 is 2.58 bits per heavy atom. The van der Waals surface area contributed by atoms with E-state index >= 15 is 0 Å². The number of ether oxygens (including phenoxy) is 2. The smallest absolute Gasteiger partial charge is 0.407 e. The Labute approximate surface area is 187 Å². The Morgan fingerprint density at radius 2 is 2.00 bits per heavy atom. The molecule has 168 valence electrons. The predicted molar refractivity (Wildman–Crippen MR) is 119 cm³/mol. The number of benzene rings is 1. The fraction of sp³-hybridized carbons (Fsp3) is 0.500. The van der Waals surface area contributed by atoms with Gasteiger partial charge in [0.25, 0.3) is 0 Å². The topological polar surface area (TPSA) is 96.8 Å². The number of anilines is 2. The van der Waals surface area contributed by atoms with E-state index in [2.05, 4.69) is 36.1 Å². The van der Waals surface area contributed by atoms with Crippen LogP contribution in [0.1, 0.15) is 40.2 Å². The molecule has 1 fully saturated rings. The predicted octanol–water partition coefficient (Wildman–Crippen LogP) is 4.91. The van der Waals surface area contributed by atoms with E-state index in [-0.39, 0.29) is 24.1 Å². The third-order valence-electron chi connectivity index (χ3n) is 5.28. The standard InChI is InChI=1S/C22H29ClN4O4/c1-14(2)31-19-24-12-17(23)18(26-19)25-16-8-6-15(7-9-16)22(21(3,4)5)13-27(20(28)29)10-11-30-22/h6-9,12,14H,10-11,13H2,1-5H3,(H,28,29)(H,24,25,26)/t22-/m1/s1. The number of amides is 1. The maximum absolute atomic E-state index is 11.6. The van der Waals surface area contributed by atoms with Gasteiger partial charge in [-0.2, -0.15) is 4.98 Å². The van der Waals surface area contributed by atoms with Crippen molar-refractivity contribution in [2.24, 2.45) is 5.41 Å². The van der Waals surface area contributed by atoms with Crippen molar-refractivity contribution in [2.45, 2.75) is 46.3 Å². The first kappa shape index (κ1) is 23.1. The van der Waals surface area contributed by atoms with Crippen LogP contribution < -0.4 is 10.1 Å². The summed E-state index contributed by atoms with van der Waals surface area (Å²) in [5, 5.41) is 13.1. The monoisotopic (exact) mass is 448 g/mol. The van der Waals surface area contributed by atoms with Crippen LogP contribution in [-0.4, -0.2) is 51.9 Å². The van der Waals surface area contributed by atoms with Gasteiger partial charge in [0.2, 0.25) is 0 Å². The number of hydrogen-bond acceptors (Lipinski definition) is 6. The molecule has 1 aromatic heterocycles. The van der Waals surface area contributed by atoms with Gasteiger partial charge in [0.15, 0.2) is 5.82 Å². The van der Waals surface area contributed by atoms with Crippen molar-refractivity contribution in [1.82, 2.24) is 14.9 Å². The minimum absolute atomic E-state index is 0.0530. The van der Waals surface area contributed by atoms with Crippen molar-refractivity contribution in [1.29, 1.82) is 0 Å². The number of nitrogens with one attached hydrogen (secondary N) is 1. The lowest BCUT2D eigenvalue weighted by molar-refractivity contribution is -0.166. The summed E-state index contributed by atoms with van der Waals surface area (Å²) in [4.78, 5) is 21.4. The fourth-order valence-corrected chi connectivity index (χ4v) is 3.75. The third kappa shape index (κ3) is 5.02. The van der Waals surface area contributed by atoms with Crippen molar-refractivity contribution in [2.75, 3.05) is 25.0 Å². The van der Waals surface area contributed by atoms with E-state index in [1.165, 1.54) is 11.1 Å². The molecule has 0 spiro atoms. The van der Waals surface area contributed by atoms with Gasteiger partial charge in [-0.3, -0.25) is 0 Å². The first-order valence-electron chi connectivity index (χ1n) is 10.2. The summed E-state index contributed by atoms with van der Waals surface area (Å²) in [6, 6.07) is 7.93. The number of nitrogens with zero attached hydrogens (tertiary/aromatic N) is 3. The van der Waals surface area contributed by atoms with Gasteiger partial charge >= 0.3 is 12.1 Å². The Kier molecular flexibility index (Phi) is 6.62. The van der Waals surface area contributed by atoms with Crippen molar-refractivity contribution in [3.8, 4) is 6.01 Å². The Bertz CT molecular complexity index is 930. The lowest BCUT2D eigenvalue weighted by Gasteiger charge is -2.50. The molecule has 0 radical (unpaired) electrons. The molecule has 2 aromatic rings. The largest absolute Gasteiger partial charge is 0.465 e. The fourth-order valence-electron chi connectivity index (χ4n) is 3.61. The molecule has 2 N–H and O–H groups in total. The molecule has 8 nitrogen and oxygen atoms in total. The molecule has 9 heteroatoms. The molecule has 0 unspecified atom stereocenters. The highest BCUT2D eigenvalue weighted by atomic mass is 35.5. The molecular formula is C22H29ClN4O4. The second kappa shape index (κ2) is 8.88. The van der Waals surface area contributed by atoms with Crippen LogP contribution in [0, 0.1) is 5.41 Å². The molecule has 1 atom stereocenters. The maximum atomic E-state index is 11.6.